The summed E-state index contributed by atoms with van der Waals surface area (Å²) in [6.45, 7) is 7.48. The van der Waals surface area contributed by atoms with Gasteiger partial charge in [-0.05, 0) is 24.6 Å². The summed E-state index contributed by atoms with van der Waals surface area (Å²) in [7, 11) is 1.65. The van der Waals surface area contributed by atoms with Crippen LogP contribution < -0.4 is 9.64 Å². The lowest BCUT2D eigenvalue weighted by Gasteiger charge is -2.31. The number of rotatable bonds is 6. The summed E-state index contributed by atoms with van der Waals surface area (Å²) in [4.78, 5) is 17.0. The maximum absolute atomic E-state index is 13.4. The third kappa shape index (κ3) is 4.39. The number of carbonyl (C=O) groups excluding carboxylic acids is 1. The standard InChI is InChI=1S/C24H28N4O2/c1-3-26-12-14-27(15-13-26)24(29)22-18-28(17-19-8-5-4-6-9-19)25-23(22)20-10-7-11-21(16-20)30-2/h4-11,16,18H,3,12-15,17H2,1-2H3/p+1. The van der Waals surface area contributed by atoms with E-state index in [1.807, 2.05) is 58.2 Å². The number of methoxy groups -OCH3 is 1. The van der Waals surface area contributed by atoms with Crippen LogP contribution in [-0.2, 0) is 6.54 Å². The fourth-order valence-electron chi connectivity index (χ4n) is 3.96. The fraction of sp³-hybridized carbons (Fsp3) is 0.333. The number of benzene rings is 2. The van der Waals surface area contributed by atoms with Crippen LogP contribution in [0.5, 0.6) is 5.75 Å². The maximum Gasteiger partial charge on any atom is 0.258 e. The van der Waals surface area contributed by atoms with Gasteiger partial charge < -0.3 is 14.5 Å². The lowest BCUT2D eigenvalue weighted by Crippen LogP contribution is -3.14. The van der Waals surface area contributed by atoms with Crippen molar-refractivity contribution in [3.05, 3.63) is 71.9 Å². The number of amides is 1. The zero-order valence-electron chi connectivity index (χ0n) is 17.7. The van der Waals surface area contributed by atoms with Crippen molar-refractivity contribution in [1.82, 2.24) is 14.7 Å². The molecule has 1 aliphatic rings. The van der Waals surface area contributed by atoms with Gasteiger partial charge in [-0.3, -0.25) is 9.48 Å². The maximum atomic E-state index is 13.4. The van der Waals surface area contributed by atoms with Gasteiger partial charge in [0.05, 0.1) is 51.9 Å². The van der Waals surface area contributed by atoms with Gasteiger partial charge in [-0.1, -0.05) is 42.5 Å². The van der Waals surface area contributed by atoms with Gasteiger partial charge in [0, 0.05) is 11.8 Å². The van der Waals surface area contributed by atoms with E-state index >= 15 is 0 Å². The number of likely N-dealkylation sites (N-methyl/N-ethyl adjacent to an activating group) is 1. The van der Waals surface area contributed by atoms with E-state index in [2.05, 4.69) is 19.1 Å². The number of ether oxygens (including phenoxy) is 1. The summed E-state index contributed by atoms with van der Waals surface area (Å²) < 4.78 is 7.25. The van der Waals surface area contributed by atoms with E-state index < -0.39 is 0 Å². The molecule has 1 aromatic heterocycles. The summed E-state index contributed by atoms with van der Waals surface area (Å²) in [6.07, 6.45) is 1.89. The molecule has 6 nitrogen and oxygen atoms in total. The Kier molecular flexibility index (Phi) is 6.14. The lowest BCUT2D eigenvalue weighted by molar-refractivity contribution is -0.902. The molecule has 2 heterocycles. The molecule has 1 fully saturated rings. The second kappa shape index (κ2) is 9.13. The SMILES string of the molecule is CC[NH+]1CCN(C(=O)c2cn(Cc3ccccc3)nc2-c2cccc(OC)c2)CC1. The van der Waals surface area contributed by atoms with E-state index in [-0.39, 0.29) is 5.91 Å². The van der Waals surface area contributed by atoms with Gasteiger partial charge in [-0.25, -0.2) is 0 Å². The van der Waals surface area contributed by atoms with Crippen molar-refractivity contribution in [2.45, 2.75) is 13.5 Å². The summed E-state index contributed by atoms with van der Waals surface area (Å²) in [5.41, 5.74) is 3.40. The van der Waals surface area contributed by atoms with E-state index in [1.165, 1.54) is 0 Å². The van der Waals surface area contributed by atoms with Crippen LogP contribution in [0.1, 0.15) is 22.8 Å². The minimum absolute atomic E-state index is 0.0577. The van der Waals surface area contributed by atoms with Crippen LogP contribution in [0.4, 0.5) is 0 Å². The third-order valence-electron chi connectivity index (χ3n) is 5.78. The first-order chi connectivity index (χ1) is 14.7. The summed E-state index contributed by atoms with van der Waals surface area (Å²) in [5.74, 6) is 0.811. The number of nitrogens with one attached hydrogen (secondary N) is 1. The van der Waals surface area contributed by atoms with Gasteiger partial charge in [0.1, 0.15) is 11.4 Å². The van der Waals surface area contributed by atoms with Crippen molar-refractivity contribution in [3.63, 3.8) is 0 Å². The van der Waals surface area contributed by atoms with E-state index in [4.69, 9.17) is 9.84 Å². The molecule has 0 spiro atoms. The Balaban J connectivity index is 1.67. The Morgan fingerprint density at radius 1 is 1.10 bits per heavy atom. The molecule has 30 heavy (non-hydrogen) atoms. The molecular weight excluding hydrogens is 376 g/mol. The van der Waals surface area contributed by atoms with Crippen LogP contribution in [0.2, 0.25) is 0 Å². The average molecular weight is 406 g/mol. The minimum atomic E-state index is 0.0577. The van der Waals surface area contributed by atoms with Gasteiger partial charge in [0.25, 0.3) is 5.91 Å². The first-order valence-corrected chi connectivity index (χ1v) is 10.6. The Labute approximate surface area is 177 Å². The van der Waals surface area contributed by atoms with Gasteiger partial charge in [-0.15, -0.1) is 0 Å². The van der Waals surface area contributed by atoms with Gasteiger partial charge in [-0.2, -0.15) is 5.10 Å². The number of piperazine rings is 1. The molecule has 0 aliphatic carbocycles. The minimum Gasteiger partial charge on any atom is -0.497 e. The Bertz CT molecular complexity index is 991. The Morgan fingerprint density at radius 3 is 2.57 bits per heavy atom. The highest BCUT2D eigenvalue weighted by Gasteiger charge is 2.27. The molecule has 1 N–H and O–H groups in total. The lowest BCUT2D eigenvalue weighted by atomic mass is 10.1. The smallest absolute Gasteiger partial charge is 0.258 e. The number of aromatic nitrogens is 2. The van der Waals surface area contributed by atoms with Gasteiger partial charge >= 0.3 is 0 Å². The molecule has 156 valence electrons. The molecule has 1 amide bonds. The van der Waals surface area contributed by atoms with Crippen LogP contribution in [0.15, 0.2) is 60.8 Å². The molecule has 1 aliphatic heterocycles. The predicted molar refractivity (Wildman–Crippen MR) is 117 cm³/mol. The van der Waals surface area contributed by atoms with Crippen LogP contribution in [0, 0.1) is 0 Å². The Hall–Kier alpha value is -3.12. The van der Waals surface area contributed by atoms with E-state index in [9.17, 15) is 4.79 Å². The first-order valence-electron chi connectivity index (χ1n) is 10.6. The fourth-order valence-corrected chi connectivity index (χ4v) is 3.96. The van der Waals surface area contributed by atoms with Crippen LogP contribution in [0.25, 0.3) is 11.3 Å². The van der Waals surface area contributed by atoms with Gasteiger partial charge in [0.15, 0.2) is 0 Å². The number of carbonyl (C=O) groups is 1. The summed E-state index contributed by atoms with van der Waals surface area (Å²) in [6, 6.07) is 17.9. The topological polar surface area (TPSA) is 51.8 Å². The number of hydrogen-bond donors (Lipinski definition) is 1. The molecule has 0 bridgehead atoms. The van der Waals surface area contributed by atoms with Crippen molar-refractivity contribution in [3.8, 4) is 17.0 Å². The largest absolute Gasteiger partial charge is 0.497 e. The zero-order chi connectivity index (χ0) is 20.9. The van der Waals surface area contributed by atoms with E-state index in [0.717, 1.165) is 49.6 Å². The number of nitrogens with zero attached hydrogens (tertiary/aromatic N) is 3. The Morgan fingerprint density at radius 2 is 1.87 bits per heavy atom. The van der Waals surface area contributed by atoms with Gasteiger partial charge in [0.2, 0.25) is 0 Å². The summed E-state index contributed by atoms with van der Waals surface area (Å²) in [5, 5.41) is 4.81. The van der Waals surface area contributed by atoms with Crippen molar-refractivity contribution < 1.29 is 14.4 Å². The molecule has 0 unspecified atom stereocenters. The molecule has 3 aromatic rings. The highest BCUT2D eigenvalue weighted by Crippen LogP contribution is 2.27. The van der Waals surface area contributed by atoms with Crippen molar-refractivity contribution in [2.75, 3.05) is 39.8 Å². The highest BCUT2D eigenvalue weighted by atomic mass is 16.5. The number of quaternary nitrogens is 1. The highest BCUT2D eigenvalue weighted by molar-refractivity contribution is 6.00. The molecule has 0 saturated carbocycles. The molecule has 0 atom stereocenters. The normalized spacial score (nSPS) is 14.7. The second-order valence-electron chi connectivity index (χ2n) is 7.70. The van der Waals surface area contributed by atoms with Crippen molar-refractivity contribution >= 4 is 5.91 Å². The molecule has 6 heteroatoms. The second-order valence-corrected chi connectivity index (χ2v) is 7.70. The monoisotopic (exact) mass is 405 g/mol. The average Bonchev–Trinajstić information content (AvgIpc) is 3.23. The van der Waals surface area contributed by atoms with E-state index in [0.29, 0.717) is 17.8 Å². The third-order valence-corrected chi connectivity index (χ3v) is 5.78. The molecule has 0 radical (unpaired) electrons. The molecule has 2 aromatic carbocycles. The molecule has 1 saturated heterocycles. The zero-order valence-corrected chi connectivity index (χ0v) is 17.7. The van der Waals surface area contributed by atoms with Crippen molar-refractivity contribution in [1.29, 1.82) is 0 Å². The van der Waals surface area contributed by atoms with Crippen LogP contribution in [-0.4, -0.2) is 60.4 Å². The van der Waals surface area contributed by atoms with Crippen LogP contribution >= 0.6 is 0 Å². The first kappa shape index (κ1) is 20.2. The van der Waals surface area contributed by atoms with E-state index in [1.54, 1.807) is 12.0 Å². The molecular formula is C24H29N4O2+. The molecule has 4 rings (SSSR count). The van der Waals surface area contributed by atoms with Crippen LogP contribution in [0.3, 0.4) is 0 Å². The predicted octanol–water partition coefficient (Wildman–Crippen LogP) is 1.97. The quantitative estimate of drug-likeness (QED) is 0.682. The van der Waals surface area contributed by atoms with Crippen molar-refractivity contribution in [2.24, 2.45) is 0 Å². The number of hydrogen-bond acceptors (Lipinski definition) is 3. The summed E-state index contributed by atoms with van der Waals surface area (Å²) >= 11 is 0.